The van der Waals surface area contributed by atoms with Crippen molar-refractivity contribution in [2.24, 2.45) is 5.92 Å². The van der Waals surface area contributed by atoms with E-state index in [1.54, 1.807) is 12.1 Å². The van der Waals surface area contributed by atoms with Gasteiger partial charge in [-0.25, -0.2) is 13.4 Å². The van der Waals surface area contributed by atoms with Crippen molar-refractivity contribution in [1.82, 2.24) is 9.97 Å². The third-order valence-corrected chi connectivity index (χ3v) is 9.72. The van der Waals surface area contributed by atoms with E-state index in [9.17, 15) is 18.3 Å². The van der Waals surface area contributed by atoms with Crippen molar-refractivity contribution in [2.45, 2.75) is 73.0 Å². The average Bonchev–Trinajstić information content (AvgIpc) is 3.80. The molecule has 3 aliphatic rings. The zero-order chi connectivity index (χ0) is 25.3. The Morgan fingerprint density at radius 3 is 2.44 bits per heavy atom. The van der Waals surface area contributed by atoms with Crippen LogP contribution in [0.3, 0.4) is 0 Å². The maximum Gasteiger partial charge on any atom is 0.233 e. The molecule has 194 valence electrons. The Kier molecular flexibility index (Phi) is 7.39. The third kappa shape index (κ3) is 5.61. The van der Waals surface area contributed by atoms with Crippen LogP contribution in [-0.2, 0) is 19.4 Å². The van der Waals surface area contributed by atoms with Crippen LogP contribution in [0.5, 0.6) is 0 Å². The summed E-state index contributed by atoms with van der Waals surface area (Å²) < 4.78 is 31.7. The summed E-state index contributed by atoms with van der Waals surface area (Å²) in [4.78, 5) is 22.2. The number of anilines is 1. The van der Waals surface area contributed by atoms with Crippen LogP contribution in [0.2, 0.25) is 0 Å². The second kappa shape index (κ2) is 10.5. The zero-order valence-corrected chi connectivity index (χ0v) is 21.0. The highest BCUT2D eigenvalue weighted by molar-refractivity contribution is 7.92. The minimum absolute atomic E-state index is 0.218. The fourth-order valence-corrected chi connectivity index (χ4v) is 6.83. The fraction of sp³-hybridized carbons (Fsp3) is 0.577. The van der Waals surface area contributed by atoms with Gasteiger partial charge in [0.25, 0.3) is 0 Å². The number of aliphatic hydroxyl groups excluding tert-OH is 2. The van der Waals surface area contributed by atoms with Crippen molar-refractivity contribution in [2.75, 3.05) is 25.1 Å². The van der Waals surface area contributed by atoms with Crippen LogP contribution in [0.4, 0.5) is 5.82 Å². The molecule has 5 rings (SSSR count). The van der Waals surface area contributed by atoms with Gasteiger partial charge in [-0.1, -0.05) is 12.1 Å². The van der Waals surface area contributed by atoms with E-state index in [2.05, 4.69) is 15.3 Å². The van der Waals surface area contributed by atoms with Crippen molar-refractivity contribution in [3.63, 3.8) is 0 Å². The number of ether oxygens (including phenoxy) is 1. The number of carbonyl (C=O) groups is 1. The first-order valence-corrected chi connectivity index (χ1v) is 14.3. The number of aliphatic hydroxyl groups is 2. The fourth-order valence-electron chi connectivity index (χ4n) is 4.91. The summed E-state index contributed by atoms with van der Waals surface area (Å²) in [5, 5.41) is 21.4. The summed E-state index contributed by atoms with van der Waals surface area (Å²) in [6, 6.07) is 5.46. The highest BCUT2D eigenvalue weighted by Crippen LogP contribution is 2.46. The van der Waals surface area contributed by atoms with Crippen LogP contribution >= 0.6 is 0 Å². The molecule has 1 aliphatic heterocycles. The summed E-state index contributed by atoms with van der Waals surface area (Å²) >= 11 is 0. The van der Waals surface area contributed by atoms with Gasteiger partial charge in [0.1, 0.15) is 6.10 Å². The van der Waals surface area contributed by atoms with Crippen LogP contribution in [0.15, 0.2) is 35.5 Å². The predicted molar refractivity (Wildman–Crippen MR) is 132 cm³/mol. The highest BCUT2D eigenvalue weighted by Gasteiger charge is 2.41. The molecule has 0 radical (unpaired) electrons. The van der Waals surface area contributed by atoms with E-state index < -0.39 is 28.5 Å². The molecule has 2 aliphatic carbocycles. The molecule has 1 unspecified atom stereocenters. The van der Waals surface area contributed by atoms with Crippen molar-refractivity contribution < 1.29 is 28.2 Å². The largest absolute Gasteiger partial charge is 0.393 e. The Labute approximate surface area is 211 Å². The van der Waals surface area contributed by atoms with E-state index in [4.69, 9.17) is 9.84 Å². The van der Waals surface area contributed by atoms with Crippen LogP contribution in [0.1, 0.15) is 79.7 Å². The number of carbonyl (C=O) groups excluding carboxylic acids is 1. The molecule has 3 fully saturated rings. The molecule has 9 nitrogen and oxygen atoms in total. The molecule has 0 bridgehead atoms. The zero-order valence-electron chi connectivity index (χ0n) is 20.2. The van der Waals surface area contributed by atoms with Crippen LogP contribution < -0.4 is 5.32 Å². The quantitative estimate of drug-likeness (QED) is 0.439. The van der Waals surface area contributed by atoms with Gasteiger partial charge in [-0.05, 0) is 74.0 Å². The Morgan fingerprint density at radius 1 is 1.08 bits per heavy atom. The van der Waals surface area contributed by atoms with Gasteiger partial charge in [0.2, 0.25) is 5.91 Å². The molecule has 3 N–H and O–H groups in total. The van der Waals surface area contributed by atoms with Gasteiger partial charge in [-0.3, -0.25) is 9.78 Å². The normalized spacial score (nSPS) is 20.6. The van der Waals surface area contributed by atoms with Crippen molar-refractivity contribution in [3.05, 3.63) is 47.4 Å². The number of amides is 1. The molecule has 1 aromatic heterocycles. The molecule has 10 heteroatoms. The molecule has 2 atom stereocenters. The van der Waals surface area contributed by atoms with Gasteiger partial charge >= 0.3 is 0 Å². The third-order valence-electron chi connectivity index (χ3n) is 7.39. The Bertz CT molecular complexity index is 1190. The Balaban J connectivity index is 1.42. The molecule has 1 amide bonds. The Hall–Kier alpha value is -2.40. The van der Waals surface area contributed by atoms with Gasteiger partial charge in [0.05, 0.1) is 40.8 Å². The number of hydrogen-bond donors (Lipinski definition) is 3. The molecular weight excluding hydrogens is 482 g/mol. The first-order chi connectivity index (χ1) is 17.4. The lowest BCUT2D eigenvalue weighted by molar-refractivity contribution is -0.118. The number of nitrogens with zero attached hydrogens (tertiary/aromatic N) is 2. The second-order valence-corrected chi connectivity index (χ2v) is 12.4. The lowest BCUT2D eigenvalue weighted by Gasteiger charge is -2.27. The Morgan fingerprint density at radius 2 is 1.83 bits per heavy atom. The van der Waals surface area contributed by atoms with Gasteiger partial charge in [-0.15, -0.1) is 0 Å². The SMILES string of the molecule is O=C(Nc1cnc(C(O)CO)cn1)[C@H](CC1CCOCC1)c1ccc(S(=O)(=O)C2CC2)c(C2CC2)c1. The van der Waals surface area contributed by atoms with E-state index in [1.807, 2.05) is 6.07 Å². The molecule has 36 heavy (non-hydrogen) atoms. The number of sulfone groups is 1. The van der Waals surface area contributed by atoms with Crippen LogP contribution in [0.25, 0.3) is 0 Å². The van der Waals surface area contributed by atoms with E-state index in [0.717, 1.165) is 49.7 Å². The van der Waals surface area contributed by atoms with Gasteiger partial charge in [0.15, 0.2) is 15.7 Å². The number of rotatable bonds is 10. The molecule has 2 aromatic rings. The first-order valence-electron chi connectivity index (χ1n) is 12.7. The molecule has 2 heterocycles. The van der Waals surface area contributed by atoms with Crippen molar-refractivity contribution in [1.29, 1.82) is 0 Å². The average molecular weight is 516 g/mol. The van der Waals surface area contributed by atoms with E-state index >= 15 is 0 Å². The first kappa shape index (κ1) is 25.3. The molecular formula is C26H33N3O6S. The number of benzene rings is 1. The highest BCUT2D eigenvalue weighted by atomic mass is 32.2. The summed E-state index contributed by atoms with van der Waals surface area (Å²) in [6.45, 7) is 0.874. The van der Waals surface area contributed by atoms with Gasteiger partial charge in [0, 0.05) is 13.2 Å². The summed E-state index contributed by atoms with van der Waals surface area (Å²) in [7, 11) is -3.33. The van der Waals surface area contributed by atoms with E-state index in [1.165, 1.54) is 12.4 Å². The maximum absolute atomic E-state index is 13.5. The van der Waals surface area contributed by atoms with Crippen LogP contribution in [-0.4, -0.2) is 59.6 Å². The number of nitrogens with one attached hydrogen (secondary N) is 1. The maximum atomic E-state index is 13.5. The van der Waals surface area contributed by atoms with Crippen molar-refractivity contribution in [3.8, 4) is 0 Å². The minimum atomic E-state index is -3.33. The predicted octanol–water partition coefficient (Wildman–Crippen LogP) is 2.85. The topological polar surface area (TPSA) is 139 Å². The van der Waals surface area contributed by atoms with Crippen LogP contribution in [0, 0.1) is 5.92 Å². The second-order valence-electron chi connectivity index (χ2n) is 10.2. The number of aromatic nitrogens is 2. The smallest absolute Gasteiger partial charge is 0.233 e. The van der Waals surface area contributed by atoms with E-state index in [-0.39, 0.29) is 28.6 Å². The lowest BCUT2D eigenvalue weighted by Crippen LogP contribution is -2.26. The molecule has 2 saturated carbocycles. The standard InChI is InChI=1S/C26H33N3O6S/c30-15-23(31)22-13-28-25(14-27-22)29-26(32)21(11-16-7-9-35-10-8-16)18-3-6-24(20(12-18)17-1-2-17)36(33,34)19-4-5-19/h3,6,12-14,16-17,19,21,23,30-31H,1-2,4-5,7-11,15H2,(H,28,29,32)/t21-,23?/m1/s1. The summed E-state index contributed by atoms with van der Waals surface area (Å²) in [6.07, 6.45) is 7.31. The van der Waals surface area contributed by atoms with Gasteiger partial charge in [-0.2, -0.15) is 0 Å². The molecule has 1 aromatic carbocycles. The summed E-state index contributed by atoms with van der Waals surface area (Å²) in [5.41, 5.74) is 1.89. The van der Waals surface area contributed by atoms with Crippen molar-refractivity contribution >= 4 is 21.6 Å². The molecule has 1 saturated heterocycles. The van der Waals surface area contributed by atoms with Gasteiger partial charge < -0.3 is 20.3 Å². The molecule has 0 spiro atoms. The monoisotopic (exact) mass is 515 g/mol. The van der Waals surface area contributed by atoms with E-state index in [0.29, 0.717) is 30.4 Å². The minimum Gasteiger partial charge on any atom is -0.393 e. The lowest BCUT2D eigenvalue weighted by atomic mass is 9.83. The summed E-state index contributed by atoms with van der Waals surface area (Å²) in [5.74, 6) is 0.0957. The number of hydrogen-bond acceptors (Lipinski definition) is 8.